The summed E-state index contributed by atoms with van der Waals surface area (Å²) in [5.41, 5.74) is 0.893. The van der Waals surface area contributed by atoms with Crippen LogP contribution in [0, 0.1) is 0 Å². The SMILES string of the molecule is O=C(S)CC([N-]S)c1ccc(Oc2ccncc2)cc1.[Os+]. The summed E-state index contributed by atoms with van der Waals surface area (Å²) in [5.74, 6) is 1.42. The van der Waals surface area contributed by atoms with Gasteiger partial charge in [0.25, 0.3) is 0 Å². The molecular formula is C14H13N2O2OsS2. The zero-order valence-electron chi connectivity index (χ0n) is 10.9. The van der Waals surface area contributed by atoms with E-state index in [2.05, 4.69) is 35.1 Å². The maximum atomic E-state index is 11.0. The number of thiol groups is 2. The van der Waals surface area contributed by atoms with Crippen molar-refractivity contribution in [2.75, 3.05) is 0 Å². The van der Waals surface area contributed by atoms with E-state index in [0.717, 1.165) is 5.56 Å². The van der Waals surface area contributed by atoms with Gasteiger partial charge in [-0.15, -0.1) is 12.6 Å². The minimum absolute atomic E-state index is 0. The van der Waals surface area contributed by atoms with E-state index in [9.17, 15) is 4.79 Å². The molecule has 0 aliphatic heterocycles. The van der Waals surface area contributed by atoms with Crippen LogP contribution in [-0.4, -0.2) is 10.1 Å². The molecule has 0 amide bonds. The molecule has 1 unspecified atom stereocenters. The minimum atomic E-state index is -0.293. The number of hydrogen-bond acceptors (Lipinski definition) is 4. The molecule has 0 aliphatic rings. The molecule has 2 aromatic rings. The number of pyridine rings is 1. The van der Waals surface area contributed by atoms with Crippen molar-refractivity contribution in [2.24, 2.45) is 0 Å². The Hall–Kier alpha value is -0.864. The van der Waals surface area contributed by atoms with Gasteiger partial charge in [0.15, 0.2) is 5.12 Å². The van der Waals surface area contributed by atoms with Gasteiger partial charge in [0.05, 0.1) is 0 Å². The van der Waals surface area contributed by atoms with Crippen molar-refractivity contribution in [3.63, 3.8) is 0 Å². The van der Waals surface area contributed by atoms with Crippen molar-refractivity contribution in [3.05, 3.63) is 59.1 Å². The van der Waals surface area contributed by atoms with Gasteiger partial charge in [-0.2, -0.15) is 0 Å². The molecule has 4 nitrogen and oxygen atoms in total. The Bertz CT molecular complexity index is 567. The molecule has 0 saturated heterocycles. The fourth-order valence-corrected chi connectivity index (χ4v) is 2.08. The standard InChI is InChI=1S/C14H13N2O2S2.Os/c17-14(19)9-13(16-20)10-1-3-11(4-2-10)18-12-5-7-15-8-6-12;/h1-8,13,20H,9H2,(H,17,19);/q-1;+1. The van der Waals surface area contributed by atoms with Crippen molar-refractivity contribution < 1.29 is 29.3 Å². The minimum Gasteiger partial charge on any atom is -0.602 e. The van der Waals surface area contributed by atoms with E-state index in [0.29, 0.717) is 11.5 Å². The van der Waals surface area contributed by atoms with Crippen molar-refractivity contribution in [2.45, 2.75) is 12.5 Å². The normalized spacial score (nSPS) is 11.3. The third kappa shape index (κ3) is 5.80. The Morgan fingerprint density at radius 2 is 1.71 bits per heavy atom. The Morgan fingerprint density at radius 3 is 2.24 bits per heavy atom. The van der Waals surface area contributed by atoms with Gasteiger partial charge in [0, 0.05) is 18.8 Å². The van der Waals surface area contributed by atoms with E-state index in [4.69, 9.17) is 4.74 Å². The molecule has 0 aliphatic carbocycles. The van der Waals surface area contributed by atoms with Gasteiger partial charge in [-0.05, 0) is 24.3 Å². The molecule has 1 atom stereocenters. The molecule has 7 heteroatoms. The summed E-state index contributed by atoms with van der Waals surface area (Å²) in [5, 5.41) is -0.218. The third-order valence-electron chi connectivity index (χ3n) is 2.66. The van der Waals surface area contributed by atoms with Crippen molar-refractivity contribution >= 4 is 30.6 Å². The topological polar surface area (TPSA) is 53.3 Å². The van der Waals surface area contributed by atoms with Gasteiger partial charge >= 0.3 is 19.8 Å². The molecule has 1 aromatic carbocycles. The number of benzene rings is 1. The monoisotopic (exact) mass is 497 g/mol. The quantitative estimate of drug-likeness (QED) is 0.597. The smallest absolute Gasteiger partial charge is 0.602 e. The average molecular weight is 496 g/mol. The zero-order chi connectivity index (χ0) is 14.4. The van der Waals surface area contributed by atoms with E-state index in [-0.39, 0.29) is 37.4 Å². The van der Waals surface area contributed by atoms with Crippen molar-refractivity contribution in [3.8, 4) is 11.5 Å². The van der Waals surface area contributed by atoms with Gasteiger partial charge in [-0.25, -0.2) is 0 Å². The molecular weight excluding hydrogens is 483 g/mol. The molecule has 1 aromatic heterocycles. The molecule has 0 fully saturated rings. The molecule has 21 heavy (non-hydrogen) atoms. The number of nitrogens with zero attached hydrogens (tertiary/aromatic N) is 2. The summed E-state index contributed by atoms with van der Waals surface area (Å²) in [6.45, 7) is 0. The summed E-state index contributed by atoms with van der Waals surface area (Å²) in [7, 11) is 0. The fourth-order valence-electron chi connectivity index (χ4n) is 1.69. The van der Waals surface area contributed by atoms with Gasteiger partial charge in [-0.1, -0.05) is 23.7 Å². The first-order valence-electron chi connectivity index (χ1n) is 5.93. The Kier molecular flexibility index (Phi) is 7.98. The molecule has 111 valence electrons. The summed E-state index contributed by atoms with van der Waals surface area (Å²) < 4.78 is 9.54. The Labute approximate surface area is 147 Å². The van der Waals surface area contributed by atoms with Crippen LogP contribution in [-0.2, 0) is 24.6 Å². The number of carbonyl (C=O) groups is 1. The van der Waals surface area contributed by atoms with Crippen LogP contribution in [0.25, 0.3) is 4.72 Å². The van der Waals surface area contributed by atoms with E-state index < -0.39 is 0 Å². The van der Waals surface area contributed by atoms with E-state index in [1.54, 1.807) is 24.5 Å². The van der Waals surface area contributed by atoms with E-state index in [1.807, 2.05) is 24.3 Å². The number of hydrogen-bond donors (Lipinski definition) is 2. The predicted molar refractivity (Wildman–Crippen MR) is 84.4 cm³/mol. The maximum Gasteiger partial charge on any atom is 1.00 e. The summed E-state index contributed by atoms with van der Waals surface area (Å²) in [4.78, 5) is 15.0. The van der Waals surface area contributed by atoms with Crippen LogP contribution in [0.5, 0.6) is 11.5 Å². The van der Waals surface area contributed by atoms with Crippen molar-refractivity contribution in [1.29, 1.82) is 0 Å². The first-order chi connectivity index (χ1) is 9.69. The predicted octanol–water partition coefficient (Wildman–Crippen LogP) is 3.98. The Morgan fingerprint density at radius 1 is 1.14 bits per heavy atom. The molecule has 0 N–H and O–H groups in total. The van der Waals surface area contributed by atoms with Crippen LogP contribution < -0.4 is 4.74 Å². The van der Waals surface area contributed by atoms with E-state index in [1.165, 1.54) is 0 Å². The van der Waals surface area contributed by atoms with Gasteiger partial charge < -0.3 is 22.3 Å². The molecule has 1 radical (unpaired) electrons. The second-order valence-corrected chi connectivity index (χ2v) is 4.81. The van der Waals surface area contributed by atoms with Crippen LogP contribution in [0.15, 0.2) is 48.8 Å². The Balaban J connectivity index is 0.00000220. The first kappa shape index (κ1) is 18.2. The molecule has 1 heterocycles. The summed E-state index contributed by atoms with van der Waals surface area (Å²) >= 11 is 7.67. The van der Waals surface area contributed by atoms with Crippen molar-refractivity contribution in [1.82, 2.24) is 4.98 Å². The molecule has 0 spiro atoms. The molecule has 0 bridgehead atoms. The average Bonchev–Trinajstić information content (AvgIpc) is 2.46. The maximum absolute atomic E-state index is 11.0. The number of carbonyl (C=O) groups excluding carboxylic acids is 1. The van der Waals surface area contributed by atoms with Gasteiger partial charge in [-0.3, -0.25) is 9.78 Å². The van der Waals surface area contributed by atoms with Crippen LogP contribution in [0.4, 0.5) is 0 Å². The fraction of sp³-hybridized carbons (Fsp3) is 0.143. The second-order valence-electron chi connectivity index (χ2n) is 4.08. The largest absolute Gasteiger partial charge is 1.00 e. The molecule has 2 rings (SSSR count). The first-order valence-corrected chi connectivity index (χ1v) is 6.77. The van der Waals surface area contributed by atoms with Crippen LogP contribution in [0.1, 0.15) is 18.0 Å². The third-order valence-corrected chi connectivity index (χ3v) is 3.12. The molecule has 0 saturated carbocycles. The second kappa shape index (κ2) is 9.21. The number of ether oxygens (including phenoxy) is 1. The van der Waals surface area contributed by atoms with Gasteiger partial charge in [0.2, 0.25) is 0 Å². The zero-order valence-corrected chi connectivity index (χ0v) is 15.2. The summed E-state index contributed by atoms with van der Waals surface area (Å²) in [6.07, 6.45) is 3.55. The number of rotatable bonds is 6. The van der Waals surface area contributed by atoms with Crippen LogP contribution in [0.3, 0.4) is 0 Å². The number of aromatic nitrogens is 1. The van der Waals surface area contributed by atoms with Crippen LogP contribution in [0.2, 0.25) is 0 Å². The summed E-state index contributed by atoms with van der Waals surface area (Å²) in [6, 6.07) is 10.6. The van der Waals surface area contributed by atoms with Crippen LogP contribution >= 0.6 is 25.4 Å². The van der Waals surface area contributed by atoms with Gasteiger partial charge in [0.1, 0.15) is 11.5 Å². The van der Waals surface area contributed by atoms with E-state index >= 15 is 0 Å².